The fraction of sp³-hybridized carbons (Fsp3) is 0.533. The molecule has 1 aliphatic heterocycles. The van der Waals surface area contributed by atoms with Crippen molar-refractivity contribution in [3.63, 3.8) is 0 Å². The first-order valence-corrected chi connectivity index (χ1v) is 8.30. The van der Waals surface area contributed by atoms with E-state index in [2.05, 4.69) is 16.5 Å². The summed E-state index contributed by atoms with van der Waals surface area (Å²) >= 11 is 1.21. The SMILES string of the molecule is CCc1ccc([C@@H]2CCCCCN2C(=O)c2csnn2)o1. The fourth-order valence-corrected chi connectivity index (χ4v) is 3.25. The van der Waals surface area contributed by atoms with Gasteiger partial charge in [-0.1, -0.05) is 24.3 Å². The van der Waals surface area contributed by atoms with E-state index in [-0.39, 0.29) is 11.9 Å². The first-order valence-electron chi connectivity index (χ1n) is 7.46. The Labute approximate surface area is 128 Å². The largest absolute Gasteiger partial charge is 0.464 e. The summed E-state index contributed by atoms with van der Waals surface area (Å²) in [5.74, 6) is 1.83. The summed E-state index contributed by atoms with van der Waals surface area (Å²) in [6.07, 6.45) is 5.11. The third kappa shape index (κ3) is 3.00. The summed E-state index contributed by atoms with van der Waals surface area (Å²) in [4.78, 5) is 14.6. The molecule has 3 rings (SSSR count). The minimum Gasteiger partial charge on any atom is -0.464 e. The van der Waals surface area contributed by atoms with Crippen molar-refractivity contribution in [1.82, 2.24) is 14.5 Å². The Morgan fingerprint density at radius 2 is 2.33 bits per heavy atom. The molecular formula is C15H19N3O2S. The summed E-state index contributed by atoms with van der Waals surface area (Å²) in [5, 5.41) is 5.63. The van der Waals surface area contributed by atoms with Crippen LogP contribution in [0.5, 0.6) is 0 Å². The molecule has 1 saturated heterocycles. The Bertz CT molecular complexity index is 594. The lowest BCUT2D eigenvalue weighted by Crippen LogP contribution is -2.34. The van der Waals surface area contributed by atoms with E-state index in [1.807, 2.05) is 17.0 Å². The van der Waals surface area contributed by atoms with Crippen LogP contribution in [0, 0.1) is 0 Å². The summed E-state index contributed by atoms with van der Waals surface area (Å²) in [6, 6.07) is 4.03. The van der Waals surface area contributed by atoms with Gasteiger partial charge < -0.3 is 9.32 Å². The molecular weight excluding hydrogens is 286 g/mol. The molecule has 0 bridgehead atoms. The van der Waals surface area contributed by atoms with Crippen molar-refractivity contribution < 1.29 is 9.21 Å². The zero-order chi connectivity index (χ0) is 14.7. The number of hydrogen-bond donors (Lipinski definition) is 0. The minimum atomic E-state index is -0.0369. The molecule has 1 aliphatic rings. The Balaban J connectivity index is 1.88. The van der Waals surface area contributed by atoms with Gasteiger partial charge in [-0.15, -0.1) is 5.10 Å². The predicted molar refractivity (Wildman–Crippen MR) is 80.2 cm³/mol. The quantitative estimate of drug-likeness (QED) is 0.871. The highest BCUT2D eigenvalue weighted by molar-refractivity contribution is 7.03. The highest BCUT2D eigenvalue weighted by Crippen LogP contribution is 2.32. The average Bonchev–Trinajstić information content (AvgIpc) is 3.14. The number of aryl methyl sites for hydroxylation is 1. The Morgan fingerprint density at radius 1 is 1.43 bits per heavy atom. The zero-order valence-corrected chi connectivity index (χ0v) is 12.9. The molecule has 6 heteroatoms. The molecule has 3 heterocycles. The lowest BCUT2D eigenvalue weighted by Gasteiger charge is -2.27. The number of hydrogen-bond acceptors (Lipinski definition) is 5. The second-order valence-corrected chi connectivity index (χ2v) is 5.92. The number of likely N-dealkylation sites (tertiary alicyclic amines) is 1. The monoisotopic (exact) mass is 305 g/mol. The summed E-state index contributed by atoms with van der Waals surface area (Å²) in [7, 11) is 0. The number of amides is 1. The van der Waals surface area contributed by atoms with Crippen molar-refractivity contribution in [3.05, 3.63) is 34.7 Å². The predicted octanol–water partition coefficient (Wildman–Crippen LogP) is 3.45. The molecule has 5 nitrogen and oxygen atoms in total. The third-order valence-electron chi connectivity index (χ3n) is 3.95. The molecule has 0 aliphatic carbocycles. The van der Waals surface area contributed by atoms with Crippen molar-refractivity contribution in [2.45, 2.75) is 45.1 Å². The summed E-state index contributed by atoms with van der Waals surface area (Å²) in [5.41, 5.74) is 0.439. The van der Waals surface area contributed by atoms with Crippen LogP contribution in [0.1, 0.15) is 60.7 Å². The molecule has 0 unspecified atom stereocenters. The van der Waals surface area contributed by atoms with E-state index in [1.54, 1.807) is 5.38 Å². The van der Waals surface area contributed by atoms with Crippen molar-refractivity contribution in [3.8, 4) is 0 Å². The Morgan fingerprint density at radius 3 is 3.05 bits per heavy atom. The second-order valence-electron chi connectivity index (χ2n) is 5.31. The van der Waals surface area contributed by atoms with Crippen LogP contribution < -0.4 is 0 Å². The molecule has 21 heavy (non-hydrogen) atoms. The summed E-state index contributed by atoms with van der Waals surface area (Å²) in [6.45, 7) is 2.82. The van der Waals surface area contributed by atoms with Gasteiger partial charge in [0.2, 0.25) is 0 Å². The lowest BCUT2D eigenvalue weighted by atomic mass is 10.1. The van der Waals surface area contributed by atoms with Gasteiger partial charge in [0.25, 0.3) is 5.91 Å². The van der Waals surface area contributed by atoms with Crippen LogP contribution in [-0.2, 0) is 6.42 Å². The maximum atomic E-state index is 12.7. The second kappa shape index (κ2) is 6.39. The van der Waals surface area contributed by atoms with Gasteiger partial charge in [0.1, 0.15) is 11.5 Å². The van der Waals surface area contributed by atoms with Gasteiger partial charge in [-0.2, -0.15) is 0 Å². The van der Waals surface area contributed by atoms with Crippen LogP contribution in [0.15, 0.2) is 21.9 Å². The summed E-state index contributed by atoms with van der Waals surface area (Å²) < 4.78 is 9.70. The van der Waals surface area contributed by atoms with Crippen molar-refractivity contribution >= 4 is 17.4 Å². The smallest absolute Gasteiger partial charge is 0.275 e. The third-order valence-corrected chi connectivity index (χ3v) is 4.46. The van der Waals surface area contributed by atoms with Crippen molar-refractivity contribution in [2.75, 3.05) is 6.54 Å². The molecule has 2 aromatic heterocycles. The van der Waals surface area contributed by atoms with E-state index < -0.39 is 0 Å². The number of aromatic nitrogens is 2. The van der Waals surface area contributed by atoms with E-state index in [0.717, 1.165) is 50.2 Å². The van der Waals surface area contributed by atoms with Crippen molar-refractivity contribution in [1.29, 1.82) is 0 Å². The Hall–Kier alpha value is -1.69. The number of furan rings is 1. The van der Waals surface area contributed by atoms with Gasteiger partial charge in [0, 0.05) is 18.3 Å². The molecule has 1 amide bonds. The van der Waals surface area contributed by atoms with Gasteiger partial charge in [-0.25, -0.2) is 0 Å². The van der Waals surface area contributed by atoms with Gasteiger partial charge in [0.15, 0.2) is 5.69 Å². The molecule has 0 radical (unpaired) electrons. The maximum Gasteiger partial charge on any atom is 0.275 e. The van der Waals surface area contributed by atoms with Crippen LogP contribution in [0.4, 0.5) is 0 Å². The highest BCUT2D eigenvalue weighted by Gasteiger charge is 2.30. The van der Waals surface area contributed by atoms with E-state index in [1.165, 1.54) is 11.5 Å². The first-order chi connectivity index (χ1) is 10.3. The standard InChI is InChI=1S/C15H19N3O2S/c1-2-11-7-8-14(20-11)13-6-4-3-5-9-18(13)15(19)12-10-21-17-16-12/h7-8,10,13H,2-6,9H2,1H3/t13-/m0/s1. The zero-order valence-electron chi connectivity index (χ0n) is 12.1. The molecule has 0 aromatic carbocycles. The van der Waals surface area contributed by atoms with Crippen LogP contribution in [0.2, 0.25) is 0 Å². The van der Waals surface area contributed by atoms with Gasteiger partial charge in [-0.05, 0) is 36.5 Å². The number of carbonyl (C=O) groups is 1. The molecule has 0 spiro atoms. The minimum absolute atomic E-state index is 0.0157. The fourth-order valence-electron chi connectivity index (χ4n) is 2.82. The highest BCUT2D eigenvalue weighted by atomic mass is 32.1. The van der Waals surface area contributed by atoms with Crippen LogP contribution >= 0.6 is 11.5 Å². The van der Waals surface area contributed by atoms with Crippen LogP contribution in [0.3, 0.4) is 0 Å². The normalized spacial score (nSPS) is 19.5. The average molecular weight is 305 g/mol. The molecule has 0 N–H and O–H groups in total. The van der Waals surface area contributed by atoms with E-state index in [9.17, 15) is 4.79 Å². The molecule has 1 fully saturated rings. The lowest BCUT2D eigenvalue weighted by molar-refractivity contribution is 0.0651. The molecule has 2 aromatic rings. The van der Waals surface area contributed by atoms with Crippen molar-refractivity contribution in [2.24, 2.45) is 0 Å². The van der Waals surface area contributed by atoms with Gasteiger partial charge >= 0.3 is 0 Å². The van der Waals surface area contributed by atoms with E-state index >= 15 is 0 Å². The molecule has 1 atom stereocenters. The molecule has 112 valence electrons. The number of rotatable bonds is 3. The van der Waals surface area contributed by atoms with Crippen LogP contribution in [-0.4, -0.2) is 26.9 Å². The maximum absolute atomic E-state index is 12.7. The molecule has 0 saturated carbocycles. The van der Waals surface area contributed by atoms with Crippen LogP contribution in [0.25, 0.3) is 0 Å². The van der Waals surface area contributed by atoms with E-state index in [0.29, 0.717) is 5.69 Å². The van der Waals surface area contributed by atoms with Gasteiger partial charge in [-0.3, -0.25) is 4.79 Å². The van der Waals surface area contributed by atoms with E-state index in [4.69, 9.17) is 4.42 Å². The Kier molecular flexibility index (Phi) is 4.34. The number of nitrogens with zero attached hydrogens (tertiary/aromatic N) is 3. The first kappa shape index (κ1) is 14.3. The van der Waals surface area contributed by atoms with Gasteiger partial charge in [0.05, 0.1) is 6.04 Å². The number of carbonyl (C=O) groups excluding carboxylic acids is 1. The topological polar surface area (TPSA) is 59.2 Å².